The molecular weight excluding hydrogens is 220 g/mol. The van der Waals surface area contributed by atoms with Crippen LogP contribution in [-0.4, -0.2) is 13.1 Å². The summed E-state index contributed by atoms with van der Waals surface area (Å²) in [5.41, 5.74) is 0.741. The number of furan rings is 1. The number of carbonyl (C=O) groups is 1. The van der Waals surface area contributed by atoms with E-state index in [0.717, 1.165) is 5.56 Å². The molecule has 4 heteroatoms. The maximum absolute atomic E-state index is 11.8. The van der Waals surface area contributed by atoms with Gasteiger partial charge >= 0.3 is 5.97 Å². The van der Waals surface area contributed by atoms with E-state index in [9.17, 15) is 4.79 Å². The molecule has 1 aromatic carbocycles. The van der Waals surface area contributed by atoms with Crippen molar-refractivity contribution in [3.05, 3.63) is 47.9 Å². The summed E-state index contributed by atoms with van der Waals surface area (Å²) >= 11 is 0. The lowest BCUT2D eigenvalue weighted by molar-refractivity contribution is 0.0695. The molecule has 0 amide bonds. The summed E-state index contributed by atoms with van der Waals surface area (Å²) in [5, 5.41) is 0. The molecule has 0 radical (unpaired) electrons. The van der Waals surface area contributed by atoms with Crippen molar-refractivity contribution < 1.29 is 18.7 Å². The Kier molecular flexibility index (Phi) is 3.14. The first-order valence-corrected chi connectivity index (χ1v) is 5.11. The van der Waals surface area contributed by atoms with Crippen LogP contribution in [0.1, 0.15) is 16.1 Å². The van der Waals surface area contributed by atoms with Crippen molar-refractivity contribution in [1.29, 1.82) is 0 Å². The minimum Gasteiger partial charge on any atom is -0.493 e. The average molecular weight is 232 g/mol. The van der Waals surface area contributed by atoms with E-state index < -0.39 is 5.97 Å². The zero-order valence-electron chi connectivity index (χ0n) is 9.60. The molecule has 0 aliphatic heterocycles. The zero-order valence-corrected chi connectivity index (χ0v) is 9.60. The summed E-state index contributed by atoms with van der Waals surface area (Å²) in [6.45, 7) is 1.78. The van der Waals surface area contributed by atoms with Crippen LogP contribution < -0.4 is 9.47 Å². The Morgan fingerprint density at radius 1 is 1.18 bits per heavy atom. The van der Waals surface area contributed by atoms with Gasteiger partial charge in [0, 0.05) is 5.56 Å². The standard InChI is InChI=1S/C13H12O4/c1-9-7-8-16-12(9)13(14)17-11-6-4-3-5-10(11)15-2/h3-8H,1-2H3. The van der Waals surface area contributed by atoms with Crippen LogP contribution in [0.5, 0.6) is 11.5 Å². The quantitative estimate of drug-likeness (QED) is 0.603. The van der Waals surface area contributed by atoms with Gasteiger partial charge in [-0.1, -0.05) is 12.1 Å². The van der Waals surface area contributed by atoms with Gasteiger partial charge < -0.3 is 13.9 Å². The molecule has 1 heterocycles. The van der Waals surface area contributed by atoms with Crippen LogP contribution in [0.4, 0.5) is 0 Å². The van der Waals surface area contributed by atoms with Crippen LogP contribution in [0.15, 0.2) is 41.0 Å². The molecule has 0 fully saturated rings. The number of hydrogen-bond donors (Lipinski definition) is 0. The molecule has 0 aliphatic rings. The van der Waals surface area contributed by atoms with E-state index in [2.05, 4.69) is 0 Å². The van der Waals surface area contributed by atoms with E-state index in [1.807, 2.05) is 0 Å². The molecule has 1 aromatic heterocycles. The van der Waals surface area contributed by atoms with Gasteiger partial charge in [0.15, 0.2) is 11.5 Å². The van der Waals surface area contributed by atoms with Crippen molar-refractivity contribution in [2.24, 2.45) is 0 Å². The van der Waals surface area contributed by atoms with Crippen LogP contribution in [0.3, 0.4) is 0 Å². The molecule has 0 unspecified atom stereocenters. The predicted octanol–water partition coefficient (Wildman–Crippen LogP) is 2.82. The third kappa shape index (κ3) is 2.30. The number of benzene rings is 1. The Morgan fingerprint density at radius 3 is 2.47 bits per heavy atom. The Morgan fingerprint density at radius 2 is 1.88 bits per heavy atom. The molecule has 0 saturated carbocycles. The molecule has 2 rings (SSSR count). The summed E-state index contributed by atoms with van der Waals surface area (Å²) in [6.07, 6.45) is 1.45. The normalized spacial score (nSPS) is 10.0. The molecule has 2 aromatic rings. The molecule has 0 N–H and O–H groups in total. The monoisotopic (exact) mass is 232 g/mol. The van der Waals surface area contributed by atoms with Crippen molar-refractivity contribution in [2.75, 3.05) is 7.11 Å². The fourth-order valence-corrected chi connectivity index (χ4v) is 1.43. The lowest BCUT2D eigenvalue weighted by atomic mass is 10.3. The number of aryl methyl sites for hydroxylation is 1. The second-order valence-corrected chi connectivity index (χ2v) is 3.47. The zero-order chi connectivity index (χ0) is 12.3. The van der Waals surface area contributed by atoms with Crippen LogP contribution >= 0.6 is 0 Å². The molecule has 0 spiro atoms. The van der Waals surface area contributed by atoms with E-state index in [-0.39, 0.29) is 5.76 Å². The second-order valence-electron chi connectivity index (χ2n) is 3.47. The first-order valence-electron chi connectivity index (χ1n) is 5.11. The molecule has 0 aliphatic carbocycles. The molecule has 0 atom stereocenters. The van der Waals surface area contributed by atoms with Gasteiger partial charge in [0.05, 0.1) is 13.4 Å². The summed E-state index contributed by atoms with van der Waals surface area (Å²) in [7, 11) is 1.52. The Balaban J connectivity index is 2.22. The van der Waals surface area contributed by atoms with Gasteiger partial charge in [-0.25, -0.2) is 4.79 Å². The minimum atomic E-state index is -0.531. The number of esters is 1. The van der Waals surface area contributed by atoms with E-state index in [0.29, 0.717) is 11.5 Å². The van der Waals surface area contributed by atoms with Gasteiger partial charge in [-0.2, -0.15) is 0 Å². The summed E-state index contributed by atoms with van der Waals surface area (Å²) in [4.78, 5) is 11.8. The van der Waals surface area contributed by atoms with Gasteiger partial charge in [0.25, 0.3) is 0 Å². The van der Waals surface area contributed by atoms with E-state index in [4.69, 9.17) is 13.9 Å². The lowest BCUT2D eigenvalue weighted by Gasteiger charge is -2.07. The third-order valence-electron chi connectivity index (χ3n) is 2.32. The Hall–Kier alpha value is -2.23. The number of ether oxygens (including phenoxy) is 2. The molecule has 4 nitrogen and oxygen atoms in total. The minimum absolute atomic E-state index is 0.205. The largest absolute Gasteiger partial charge is 0.493 e. The third-order valence-corrected chi connectivity index (χ3v) is 2.32. The van der Waals surface area contributed by atoms with Crippen LogP contribution in [-0.2, 0) is 0 Å². The highest BCUT2D eigenvalue weighted by molar-refractivity contribution is 5.89. The van der Waals surface area contributed by atoms with Crippen molar-refractivity contribution in [3.8, 4) is 11.5 Å². The fraction of sp³-hybridized carbons (Fsp3) is 0.154. The number of methoxy groups -OCH3 is 1. The molecule has 88 valence electrons. The first kappa shape index (κ1) is 11.3. The number of rotatable bonds is 3. The van der Waals surface area contributed by atoms with E-state index >= 15 is 0 Å². The summed E-state index contributed by atoms with van der Waals surface area (Å²) < 4.78 is 15.3. The summed E-state index contributed by atoms with van der Waals surface area (Å²) in [5.74, 6) is 0.550. The number of carbonyl (C=O) groups excluding carboxylic acids is 1. The molecule has 0 saturated heterocycles. The highest BCUT2D eigenvalue weighted by Gasteiger charge is 2.16. The van der Waals surface area contributed by atoms with E-state index in [1.54, 1.807) is 37.3 Å². The van der Waals surface area contributed by atoms with Gasteiger partial charge in [-0.05, 0) is 25.1 Å². The van der Waals surface area contributed by atoms with Crippen molar-refractivity contribution >= 4 is 5.97 Å². The molecule has 17 heavy (non-hydrogen) atoms. The topological polar surface area (TPSA) is 48.7 Å². The summed E-state index contributed by atoms with van der Waals surface area (Å²) in [6, 6.07) is 8.65. The van der Waals surface area contributed by atoms with E-state index in [1.165, 1.54) is 13.4 Å². The number of para-hydroxylation sites is 2. The predicted molar refractivity (Wildman–Crippen MR) is 61.4 cm³/mol. The van der Waals surface area contributed by atoms with Crippen LogP contribution in [0.25, 0.3) is 0 Å². The van der Waals surface area contributed by atoms with Crippen LogP contribution in [0.2, 0.25) is 0 Å². The first-order chi connectivity index (χ1) is 8.22. The van der Waals surface area contributed by atoms with Gasteiger partial charge in [0.1, 0.15) is 0 Å². The van der Waals surface area contributed by atoms with Crippen molar-refractivity contribution in [3.63, 3.8) is 0 Å². The van der Waals surface area contributed by atoms with Crippen molar-refractivity contribution in [2.45, 2.75) is 6.92 Å². The Labute approximate surface area is 98.8 Å². The maximum Gasteiger partial charge on any atom is 0.380 e. The number of hydrogen-bond acceptors (Lipinski definition) is 4. The van der Waals surface area contributed by atoms with Crippen molar-refractivity contribution in [1.82, 2.24) is 0 Å². The highest BCUT2D eigenvalue weighted by atomic mass is 16.6. The molecular formula is C13H12O4. The average Bonchev–Trinajstić information content (AvgIpc) is 2.76. The highest BCUT2D eigenvalue weighted by Crippen LogP contribution is 2.27. The Bertz CT molecular complexity index is 528. The molecule has 0 bridgehead atoms. The second kappa shape index (κ2) is 4.74. The van der Waals surface area contributed by atoms with Gasteiger partial charge in [-0.3, -0.25) is 0 Å². The SMILES string of the molecule is COc1ccccc1OC(=O)c1occc1C. The lowest BCUT2D eigenvalue weighted by Crippen LogP contribution is -2.09. The van der Waals surface area contributed by atoms with Crippen LogP contribution in [0, 0.1) is 6.92 Å². The van der Waals surface area contributed by atoms with Gasteiger partial charge in [-0.15, -0.1) is 0 Å². The van der Waals surface area contributed by atoms with Gasteiger partial charge in [0.2, 0.25) is 5.76 Å². The smallest absolute Gasteiger partial charge is 0.380 e. The fourth-order valence-electron chi connectivity index (χ4n) is 1.43. The maximum atomic E-state index is 11.8.